The highest BCUT2D eigenvalue weighted by Gasteiger charge is 2.33. The number of anilines is 1. The summed E-state index contributed by atoms with van der Waals surface area (Å²) in [6.07, 6.45) is 0.823. The molecule has 1 atom stereocenters. The van der Waals surface area contributed by atoms with Gasteiger partial charge in [0.05, 0.1) is 11.7 Å². The second-order valence-electron chi connectivity index (χ2n) is 5.86. The molecule has 1 aliphatic heterocycles. The number of aromatic nitrogens is 2. The second kappa shape index (κ2) is 6.14. The summed E-state index contributed by atoms with van der Waals surface area (Å²) in [4.78, 5) is 14.6. The summed E-state index contributed by atoms with van der Waals surface area (Å²) in [5.41, 5.74) is 5.51. The summed E-state index contributed by atoms with van der Waals surface area (Å²) in [6, 6.07) is 4.14. The molecule has 1 saturated heterocycles. The van der Waals surface area contributed by atoms with Crippen molar-refractivity contribution < 1.29 is 4.79 Å². The van der Waals surface area contributed by atoms with Crippen molar-refractivity contribution in [3.8, 4) is 0 Å². The monoisotopic (exact) mass is 316 g/mol. The maximum absolute atomic E-state index is 12.7. The third kappa shape index (κ3) is 2.89. The Morgan fingerprint density at radius 3 is 2.68 bits per heavy atom. The summed E-state index contributed by atoms with van der Waals surface area (Å²) < 4.78 is 3.84. The maximum atomic E-state index is 12.7. The fourth-order valence-corrected chi connectivity index (χ4v) is 3.63. The first-order chi connectivity index (χ1) is 10.6. The highest BCUT2D eigenvalue weighted by Crippen LogP contribution is 2.30. The van der Waals surface area contributed by atoms with E-state index in [-0.39, 0.29) is 11.9 Å². The fourth-order valence-electron chi connectivity index (χ4n) is 3.18. The highest BCUT2D eigenvalue weighted by molar-refractivity contribution is 7.03. The molecule has 1 aromatic carbocycles. The third-order valence-electron chi connectivity index (χ3n) is 4.05. The second-order valence-corrected chi connectivity index (χ2v) is 6.47. The lowest BCUT2D eigenvalue weighted by molar-refractivity contribution is -0.118. The topological polar surface area (TPSA) is 58.1 Å². The molecule has 2 heterocycles. The standard InChI is InChI=1S/C16H20N4OS/c1-10-6-11(2)15(12(3)7-10)20-5-4-14(16(20)21)17-8-13-9-22-19-18-13/h6-7,9,14,17H,4-5,8H2,1-3H3. The van der Waals surface area contributed by atoms with Crippen LogP contribution in [0.4, 0.5) is 5.69 Å². The highest BCUT2D eigenvalue weighted by atomic mass is 32.1. The quantitative estimate of drug-likeness (QED) is 0.941. The normalized spacial score (nSPS) is 18.2. The molecule has 0 bridgehead atoms. The van der Waals surface area contributed by atoms with Gasteiger partial charge in [-0.1, -0.05) is 22.2 Å². The van der Waals surface area contributed by atoms with Gasteiger partial charge in [0, 0.05) is 24.2 Å². The van der Waals surface area contributed by atoms with Crippen molar-refractivity contribution in [2.45, 2.75) is 39.8 Å². The number of nitrogens with zero attached hydrogens (tertiary/aromatic N) is 3. The Hall–Kier alpha value is -1.79. The molecule has 116 valence electrons. The summed E-state index contributed by atoms with van der Waals surface area (Å²) in [7, 11) is 0. The predicted octanol–water partition coefficient (Wildman–Crippen LogP) is 2.36. The zero-order chi connectivity index (χ0) is 15.7. The van der Waals surface area contributed by atoms with Gasteiger partial charge in [0.1, 0.15) is 0 Å². The Morgan fingerprint density at radius 1 is 1.32 bits per heavy atom. The Morgan fingerprint density at radius 2 is 2.05 bits per heavy atom. The van der Waals surface area contributed by atoms with E-state index < -0.39 is 0 Å². The van der Waals surface area contributed by atoms with Crippen molar-refractivity contribution in [1.82, 2.24) is 14.9 Å². The summed E-state index contributed by atoms with van der Waals surface area (Å²) in [5.74, 6) is 0.151. The van der Waals surface area contributed by atoms with Crippen LogP contribution in [0.25, 0.3) is 0 Å². The first-order valence-corrected chi connectivity index (χ1v) is 8.28. The number of nitrogens with one attached hydrogen (secondary N) is 1. The van der Waals surface area contributed by atoms with E-state index in [2.05, 4.69) is 47.8 Å². The number of carbonyl (C=O) groups excluding carboxylic acids is 1. The van der Waals surface area contributed by atoms with Crippen molar-refractivity contribution in [3.05, 3.63) is 39.9 Å². The number of amides is 1. The average molecular weight is 316 g/mol. The van der Waals surface area contributed by atoms with Crippen LogP contribution in [0.1, 0.15) is 28.8 Å². The largest absolute Gasteiger partial charge is 0.310 e. The molecule has 1 N–H and O–H groups in total. The van der Waals surface area contributed by atoms with Crippen LogP contribution < -0.4 is 10.2 Å². The van der Waals surface area contributed by atoms with Crippen molar-refractivity contribution in [2.75, 3.05) is 11.4 Å². The van der Waals surface area contributed by atoms with E-state index in [1.165, 1.54) is 17.1 Å². The van der Waals surface area contributed by atoms with Gasteiger partial charge >= 0.3 is 0 Å². The molecule has 0 saturated carbocycles. The van der Waals surface area contributed by atoms with Crippen molar-refractivity contribution in [1.29, 1.82) is 0 Å². The smallest absolute Gasteiger partial charge is 0.244 e. The van der Waals surface area contributed by atoms with Gasteiger partial charge in [0.25, 0.3) is 0 Å². The van der Waals surface area contributed by atoms with E-state index in [4.69, 9.17) is 0 Å². The Labute approximate surface area is 134 Å². The van der Waals surface area contributed by atoms with Crippen molar-refractivity contribution >= 4 is 23.1 Å². The molecule has 1 unspecified atom stereocenters. The van der Waals surface area contributed by atoms with Crippen LogP contribution in [0.3, 0.4) is 0 Å². The molecular formula is C16H20N4OS. The molecule has 0 aliphatic carbocycles. The number of benzene rings is 1. The minimum Gasteiger partial charge on any atom is -0.310 e. The first kappa shape index (κ1) is 15.1. The molecule has 1 aromatic heterocycles. The molecule has 5 nitrogen and oxygen atoms in total. The van der Waals surface area contributed by atoms with Gasteiger partial charge in [-0.3, -0.25) is 10.1 Å². The maximum Gasteiger partial charge on any atom is 0.244 e. The van der Waals surface area contributed by atoms with Gasteiger partial charge in [-0.2, -0.15) is 0 Å². The molecule has 1 amide bonds. The summed E-state index contributed by atoms with van der Waals surface area (Å²) >= 11 is 1.33. The molecule has 2 aromatic rings. The molecule has 1 fully saturated rings. The van der Waals surface area contributed by atoms with Gasteiger partial charge in [-0.25, -0.2) is 0 Å². The Bertz CT molecular complexity index is 660. The molecule has 0 spiro atoms. The van der Waals surface area contributed by atoms with Crippen LogP contribution in [0, 0.1) is 20.8 Å². The summed E-state index contributed by atoms with van der Waals surface area (Å²) in [6.45, 7) is 7.58. The number of aryl methyl sites for hydroxylation is 3. The number of carbonyl (C=O) groups is 1. The predicted molar refractivity (Wildman–Crippen MR) is 88.2 cm³/mol. The SMILES string of the molecule is Cc1cc(C)c(N2CCC(NCc3csnn3)C2=O)c(C)c1. The molecule has 22 heavy (non-hydrogen) atoms. The van der Waals surface area contributed by atoms with Crippen LogP contribution in [-0.4, -0.2) is 28.1 Å². The molecule has 3 rings (SSSR count). The van der Waals surface area contributed by atoms with Crippen LogP contribution in [0.15, 0.2) is 17.5 Å². The third-order valence-corrected chi connectivity index (χ3v) is 4.60. The minimum atomic E-state index is -0.137. The Kier molecular flexibility index (Phi) is 4.22. The lowest BCUT2D eigenvalue weighted by atomic mass is 10.0. The van der Waals surface area contributed by atoms with E-state index in [0.717, 1.165) is 35.5 Å². The van der Waals surface area contributed by atoms with Crippen LogP contribution >= 0.6 is 11.5 Å². The van der Waals surface area contributed by atoms with Crippen LogP contribution in [0.5, 0.6) is 0 Å². The van der Waals surface area contributed by atoms with E-state index in [1.807, 2.05) is 10.3 Å². The molecule has 6 heteroatoms. The molecule has 0 radical (unpaired) electrons. The van der Waals surface area contributed by atoms with E-state index in [1.54, 1.807) is 0 Å². The number of rotatable bonds is 4. The van der Waals surface area contributed by atoms with Crippen molar-refractivity contribution in [3.63, 3.8) is 0 Å². The van der Waals surface area contributed by atoms with Gasteiger partial charge in [-0.15, -0.1) is 5.10 Å². The van der Waals surface area contributed by atoms with E-state index in [0.29, 0.717) is 6.54 Å². The number of hydrogen-bond donors (Lipinski definition) is 1. The average Bonchev–Trinajstić information content (AvgIpc) is 3.07. The number of hydrogen-bond acceptors (Lipinski definition) is 5. The van der Waals surface area contributed by atoms with Crippen LogP contribution in [-0.2, 0) is 11.3 Å². The Balaban J connectivity index is 1.74. The van der Waals surface area contributed by atoms with E-state index in [9.17, 15) is 4.79 Å². The zero-order valence-electron chi connectivity index (χ0n) is 13.1. The van der Waals surface area contributed by atoms with Crippen molar-refractivity contribution in [2.24, 2.45) is 0 Å². The lowest BCUT2D eigenvalue weighted by Gasteiger charge is -2.22. The minimum absolute atomic E-state index is 0.137. The fraction of sp³-hybridized carbons (Fsp3) is 0.438. The van der Waals surface area contributed by atoms with Gasteiger partial charge < -0.3 is 4.90 Å². The van der Waals surface area contributed by atoms with E-state index >= 15 is 0 Å². The van der Waals surface area contributed by atoms with Crippen LogP contribution in [0.2, 0.25) is 0 Å². The first-order valence-electron chi connectivity index (χ1n) is 7.45. The van der Waals surface area contributed by atoms with Gasteiger partial charge in [-0.05, 0) is 49.9 Å². The molecule has 1 aliphatic rings. The molecular weight excluding hydrogens is 296 g/mol. The summed E-state index contributed by atoms with van der Waals surface area (Å²) in [5, 5.41) is 9.20. The van der Waals surface area contributed by atoms with Gasteiger partial charge in [0.15, 0.2) is 0 Å². The lowest BCUT2D eigenvalue weighted by Crippen LogP contribution is -2.38. The zero-order valence-corrected chi connectivity index (χ0v) is 13.9. The van der Waals surface area contributed by atoms with Gasteiger partial charge in [0.2, 0.25) is 5.91 Å².